The average Bonchev–Trinajstić information content (AvgIpc) is 2.97. The molecule has 0 saturated carbocycles. The number of fused-ring (bicyclic) bond motifs is 1. The Bertz CT molecular complexity index is 783. The summed E-state index contributed by atoms with van der Waals surface area (Å²) in [6.45, 7) is 0. The summed E-state index contributed by atoms with van der Waals surface area (Å²) < 4.78 is 10.3. The Labute approximate surface area is 118 Å². The number of methoxy groups -OCH3 is 1. The van der Waals surface area contributed by atoms with Crippen LogP contribution < -0.4 is 10.4 Å². The van der Waals surface area contributed by atoms with Gasteiger partial charge in [0.05, 0.1) is 7.11 Å². The highest BCUT2D eigenvalue weighted by Gasteiger charge is 2.08. The molecule has 0 amide bonds. The van der Waals surface area contributed by atoms with E-state index in [9.17, 15) is 4.79 Å². The van der Waals surface area contributed by atoms with Gasteiger partial charge < -0.3 is 9.15 Å². The zero-order valence-electron chi connectivity index (χ0n) is 10.6. The minimum atomic E-state index is -0.376. The maximum absolute atomic E-state index is 11.6. The van der Waals surface area contributed by atoms with Crippen LogP contribution in [0.15, 0.2) is 45.0 Å². The van der Waals surface area contributed by atoms with Crippen molar-refractivity contribution in [2.45, 2.75) is 10.9 Å². The topological polar surface area (TPSA) is 81.0 Å². The van der Waals surface area contributed by atoms with Gasteiger partial charge in [-0.1, -0.05) is 11.8 Å². The molecule has 1 N–H and O–H groups in total. The van der Waals surface area contributed by atoms with Crippen LogP contribution in [0, 0.1) is 0 Å². The molecule has 0 saturated heterocycles. The highest BCUT2D eigenvalue weighted by atomic mass is 32.2. The second kappa shape index (κ2) is 5.38. The van der Waals surface area contributed by atoms with Crippen molar-refractivity contribution < 1.29 is 9.15 Å². The molecule has 0 atom stereocenters. The smallest absolute Gasteiger partial charge is 0.336 e. The number of aromatic amines is 1. The number of benzene rings is 1. The van der Waals surface area contributed by atoms with Crippen molar-refractivity contribution in [2.24, 2.45) is 0 Å². The summed E-state index contributed by atoms with van der Waals surface area (Å²) in [5.74, 6) is 1.25. The van der Waals surface area contributed by atoms with Crippen molar-refractivity contribution in [1.82, 2.24) is 15.2 Å². The largest absolute Gasteiger partial charge is 0.497 e. The lowest BCUT2D eigenvalue weighted by atomic mass is 10.1. The number of H-pyrrole nitrogens is 1. The molecule has 7 heteroatoms. The minimum Gasteiger partial charge on any atom is -0.497 e. The normalized spacial score (nSPS) is 10.8. The Morgan fingerprint density at radius 1 is 1.40 bits per heavy atom. The maximum Gasteiger partial charge on any atom is 0.336 e. The molecule has 2 heterocycles. The standard InChI is InChI=1S/C13H11N3O3S/c1-18-9-2-3-10-8(4-12(17)19-11(10)5-9)6-20-13-14-7-15-16-13/h2-5,7H,6H2,1H3,(H,14,15,16). The number of ether oxygens (including phenoxy) is 1. The van der Waals surface area contributed by atoms with Crippen LogP contribution in [0.25, 0.3) is 11.0 Å². The molecule has 0 bridgehead atoms. The maximum atomic E-state index is 11.6. The van der Waals surface area contributed by atoms with Gasteiger partial charge in [-0.25, -0.2) is 9.78 Å². The average molecular weight is 289 g/mol. The van der Waals surface area contributed by atoms with E-state index in [1.165, 1.54) is 24.2 Å². The first-order valence-electron chi connectivity index (χ1n) is 5.85. The van der Waals surface area contributed by atoms with E-state index < -0.39 is 0 Å². The van der Waals surface area contributed by atoms with Gasteiger partial charge in [0.15, 0.2) is 5.16 Å². The molecule has 0 aliphatic rings. The zero-order chi connectivity index (χ0) is 13.9. The van der Waals surface area contributed by atoms with Crippen molar-refractivity contribution in [3.05, 3.63) is 46.6 Å². The fraction of sp³-hybridized carbons (Fsp3) is 0.154. The monoisotopic (exact) mass is 289 g/mol. The molecule has 0 fully saturated rings. The third-order valence-electron chi connectivity index (χ3n) is 2.79. The molecule has 0 aliphatic carbocycles. The van der Waals surface area contributed by atoms with Gasteiger partial charge in [0.2, 0.25) is 0 Å². The Morgan fingerprint density at radius 2 is 2.30 bits per heavy atom. The number of thioether (sulfide) groups is 1. The highest BCUT2D eigenvalue weighted by molar-refractivity contribution is 7.98. The number of rotatable bonds is 4. The van der Waals surface area contributed by atoms with E-state index in [1.54, 1.807) is 13.2 Å². The SMILES string of the molecule is COc1ccc2c(CSc3ncn[nH]3)cc(=O)oc2c1. The van der Waals surface area contributed by atoms with Gasteiger partial charge in [0.25, 0.3) is 0 Å². The highest BCUT2D eigenvalue weighted by Crippen LogP contribution is 2.26. The van der Waals surface area contributed by atoms with Crippen molar-refractivity contribution >= 4 is 22.7 Å². The molecule has 0 aliphatic heterocycles. The van der Waals surface area contributed by atoms with E-state index in [0.717, 1.165) is 10.9 Å². The third-order valence-corrected chi connectivity index (χ3v) is 3.72. The van der Waals surface area contributed by atoms with Gasteiger partial charge in [-0.05, 0) is 17.7 Å². The summed E-state index contributed by atoms with van der Waals surface area (Å²) in [5.41, 5.74) is 1.03. The van der Waals surface area contributed by atoms with Crippen LogP contribution in [-0.4, -0.2) is 22.3 Å². The Hall–Kier alpha value is -2.28. The lowest BCUT2D eigenvalue weighted by Gasteiger charge is -2.05. The Morgan fingerprint density at radius 3 is 3.05 bits per heavy atom. The van der Waals surface area contributed by atoms with E-state index in [1.807, 2.05) is 12.1 Å². The molecular weight excluding hydrogens is 278 g/mol. The van der Waals surface area contributed by atoms with Gasteiger partial charge >= 0.3 is 5.63 Å². The molecule has 0 spiro atoms. The van der Waals surface area contributed by atoms with E-state index in [4.69, 9.17) is 9.15 Å². The lowest BCUT2D eigenvalue weighted by Crippen LogP contribution is -2.00. The molecular formula is C13H11N3O3S. The number of hydrogen-bond acceptors (Lipinski definition) is 6. The van der Waals surface area contributed by atoms with Gasteiger partial charge in [0, 0.05) is 23.3 Å². The van der Waals surface area contributed by atoms with Crippen LogP contribution in [0.4, 0.5) is 0 Å². The van der Waals surface area contributed by atoms with Gasteiger partial charge in [-0.3, -0.25) is 5.10 Å². The predicted octanol–water partition coefficient (Wildman–Crippen LogP) is 2.21. The quantitative estimate of drug-likeness (QED) is 0.586. The van der Waals surface area contributed by atoms with E-state index in [-0.39, 0.29) is 5.63 Å². The fourth-order valence-corrected chi connectivity index (χ4v) is 2.64. The first kappa shape index (κ1) is 12.7. The van der Waals surface area contributed by atoms with Crippen molar-refractivity contribution in [1.29, 1.82) is 0 Å². The van der Waals surface area contributed by atoms with Crippen molar-refractivity contribution in [2.75, 3.05) is 7.11 Å². The predicted molar refractivity (Wildman–Crippen MR) is 75.0 cm³/mol. The van der Waals surface area contributed by atoms with Crippen LogP contribution in [0.2, 0.25) is 0 Å². The Kier molecular flexibility index (Phi) is 3.42. The van der Waals surface area contributed by atoms with Crippen LogP contribution in [-0.2, 0) is 5.75 Å². The van der Waals surface area contributed by atoms with E-state index in [0.29, 0.717) is 22.2 Å². The lowest BCUT2D eigenvalue weighted by molar-refractivity contribution is 0.414. The molecule has 3 rings (SSSR count). The van der Waals surface area contributed by atoms with E-state index in [2.05, 4.69) is 15.2 Å². The summed E-state index contributed by atoms with van der Waals surface area (Å²) in [6.07, 6.45) is 1.45. The van der Waals surface area contributed by atoms with Crippen LogP contribution in [0.1, 0.15) is 5.56 Å². The minimum absolute atomic E-state index is 0.376. The van der Waals surface area contributed by atoms with Crippen LogP contribution >= 0.6 is 11.8 Å². The summed E-state index contributed by atoms with van der Waals surface area (Å²) in [5, 5.41) is 8.15. The molecule has 102 valence electrons. The first-order valence-corrected chi connectivity index (χ1v) is 6.84. The number of hydrogen-bond donors (Lipinski definition) is 1. The summed E-state index contributed by atoms with van der Waals surface area (Å²) in [7, 11) is 1.57. The van der Waals surface area contributed by atoms with Gasteiger partial charge in [-0.15, -0.1) is 0 Å². The second-order valence-corrected chi connectivity index (χ2v) is 5.00. The molecule has 0 radical (unpaired) electrons. The molecule has 6 nitrogen and oxygen atoms in total. The molecule has 3 aromatic rings. The van der Waals surface area contributed by atoms with Crippen molar-refractivity contribution in [3.8, 4) is 5.75 Å². The zero-order valence-corrected chi connectivity index (χ0v) is 11.4. The van der Waals surface area contributed by atoms with Crippen LogP contribution in [0.5, 0.6) is 5.75 Å². The summed E-state index contributed by atoms with van der Waals surface area (Å²) in [4.78, 5) is 15.6. The molecule has 1 aromatic carbocycles. The fourth-order valence-electron chi connectivity index (χ4n) is 1.87. The van der Waals surface area contributed by atoms with Gasteiger partial charge in [-0.2, -0.15) is 5.10 Å². The number of aromatic nitrogens is 3. The number of nitrogens with one attached hydrogen (secondary N) is 1. The first-order chi connectivity index (χ1) is 9.76. The number of nitrogens with zero attached hydrogens (tertiary/aromatic N) is 2. The molecule has 0 unspecified atom stereocenters. The summed E-state index contributed by atoms with van der Waals surface area (Å²) in [6, 6.07) is 6.93. The summed E-state index contributed by atoms with van der Waals surface area (Å²) >= 11 is 1.47. The molecule has 20 heavy (non-hydrogen) atoms. The third kappa shape index (κ3) is 2.53. The second-order valence-electron chi connectivity index (χ2n) is 4.03. The van der Waals surface area contributed by atoms with Crippen molar-refractivity contribution in [3.63, 3.8) is 0 Å². The van der Waals surface area contributed by atoms with E-state index >= 15 is 0 Å². The van der Waals surface area contributed by atoms with Gasteiger partial charge in [0.1, 0.15) is 17.7 Å². The van der Waals surface area contributed by atoms with Crippen LogP contribution in [0.3, 0.4) is 0 Å². The molecule has 2 aromatic heterocycles. The Balaban J connectivity index is 1.99.